The van der Waals surface area contributed by atoms with Crippen molar-refractivity contribution in [1.82, 2.24) is 10.2 Å². The summed E-state index contributed by atoms with van der Waals surface area (Å²) in [5.74, 6) is 0. The second-order valence-corrected chi connectivity index (χ2v) is 5.08. The van der Waals surface area contributed by atoms with E-state index in [0.29, 0.717) is 6.04 Å². The summed E-state index contributed by atoms with van der Waals surface area (Å²) >= 11 is 1.22. The molecule has 1 atom stereocenters. The molecule has 5 nitrogen and oxygen atoms in total. The normalized spacial score (nSPS) is 17.1. The van der Waals surface area contributed by atoms with E-state index in [1.807, 2.05) is 5.38 Å². The SMILES string of the molecule is CC[C@@H](c1csc([N+](=O)[O-])c1)N1CCNCC1.Cl.Cl. The highest BCUT2D eigenvalue weighted by Gasteiger charge is 2.23. The zero-order valence-corrected chi connectivity index (χ0v) is 13.2. The monoisotopic (exact) mass is 327 g/mol. The molecule has 1 aromatic heterocycles. The van der Waals surface area contributed by atoms with E-state index >= 15 is 0 Å². The Bertz CT molecular complexity index is 397. The number of nitro groups is 1. The Morgan fingerprint density at radius 1 is 1.47 bits per heavy atom. The van der Waals surface area contributed by atoms with Gasteiger partial charge in [-0.2, -0.15) is 0 Å². The molecule has 0 radical (unpaired) electrons. The quantitative estimate of drug-likeness (QED) is 0.682. The number of nitrogens with zero attached hydrogens (tertiary/aromatic N) is 2. The molecular formula is C11H19Cl2N3O2S. The zero-order valence-electron chi connectivity index (χ0n) is 10.7. The van der Waals surface area contributed by atoms with Crippen LogP contribution in [0.2, 0.25) is 0 Å². The summed E-state index contributed by atoms with van der Waals surface area (Å²) in [6.45, 7) is 6.17. The van der Waals surface area contributed by atoms with E-state index in [-0.39, 0.29) is 34.7 Å². The molecule has 2 heterocycles. The van der Waals surface area contributed by atoms with Crippen molar-refractivity contribution in [2.24, 2.45) is 0 Å². The Kier molecular flexibility index (Phi) is 8.52. The van der Waals surface area contributed by atoms with Crippen molar-refractivity contribution < 1.29 is 4.92 Å². The molecule has 19 heavy (non-hydrogen) atoms. The average molecular weight is 328 g/mol. The lowest BCUT2D eigenvalue weighted by atomic mass is 10.1. The average Bonchev–Trinajstić information content (AvgIpc) is 2.81. The van der Waals surface area contributed by atoms with Gasteiger partial charge in [-0.1, -0.05) is 18.3 Å². The van der Waals surface area contributed by atoms with Gasteiger partial charge in [-0.3, -0.25) is 15.0 Å². The van der Waals surface area contributed by atoms with Gasteiger partial charge in [0.05, 0.1) is 4.92 Å². The van der Waals surface area contributed by atoms with E-state index in [9.17, 15) is 10.1 Å². The molecule has 1 aliphatic heterocycles. The Morgan fingerprint density at radius 3 is 2.58 bits per heavy atom. The molecule has 2 rings (SSSR count). The molecule has 0 aromatic carbocycles. The van der Waals surface area contributed by atoms with Crippen molar-refractivity contribution in [3.8, 4) is 0 Å². The van der Waals surface area contributed by atoms with Crippen LogP contribution in [0.5, 0.6) is 0 Å². The first-order valence-corrected chi connectivity index (χ1v) is 6.78. The van der Waals surface area contributed by atoms with E-state index < -0.39 is 0 Å². The van der Waals surface area contributed by atoms with Gasteiger partial charge in [-0.15, -0.1) is 24.8 Å². The van der Waals surface area contributed by atoms with E-state index in [4.69, 9.17) is 0 Å². The Balaban J connectivity index is 0.00000162. The van der Waals surface area contributed by atoms with Crippen molar-refractivity contribution in [3.05, 3.63) is 27.1 Å². The van der Waals surface area contributed by atoms with Crippen LogP contribution in [0.3, 0.4) is 0 Å². The fraction of sp³-hybridized carbons (Fsp3) is 0.636. The molecular weight excluding hydrogens is 309 g/mol. The van der Waals surface area contributed by atoms with Crippen LogP contribution < -0.4 is 5.32 Å². The molecule has 0 bridgehead atoms. The number of piperazine rings is 1. The highest BCUT2D eigenvalue weighted by molar-refractivity contribution is 7.13. The summed E-state index contributed by atoms with van der Waals surface area (Å²) in [5, 5.41) is 16.2. The third-order valence-electron chi connectivity index (χ3n) is 3.15. The second kappa shape index (κ2) is 8.71. The smallest absolute Gasteiger partial charge is 0.314 e. The Labute approximate surface area is 129 Å². The first-order chi connectivity index (χ1) is 8.22. The number of hydrogen-bond donors (Lipinski definition) is 1. The third-order valence-corrected chi connectivity index (χ3v) is 4.05. The molecule has 0 saturated carbocycles. The van der Waals surface area contributed by atoms with Crippen LogP contribution >= 0.6 is 36.2 Å². The summed E-state index contributed by atoms with van der Waals surface area (Å²) in [4.78, 5) is 12.8. The van der Waals surface area contributed by atoms with Gasteiger partial charge in [0.1, 0.15) is 0 Å². The van der Waals surface area contributed by atoms with Gasteiger partial charge in [-0.05, 0) is 12.0 Å². The molecule has 8 heteroatoms. The maximum absolute atomic E-state index is 10.7. The maximum atomic E-state index is 10.7. The van der Waals surface area contributed by atoms with Gasteiger partial charge in [-0.25, -0.2) is 0 Å². The molecule has 1 aromatic rings. The fourth-order valence-corrected chi connectivity index (χ4v) is 3.08. The van der Waals surface area contributed by atoms with Crippen LogP contribution in [0.15, 0.2) is 11.4 Å². The van der Waals surface area contributed by atoms with Crippen molar-refractivity contribution in [1.29, 1.82) is 0 Å². The lowest BCUT2D eigenvalue weighted by Gasteiger charge is -2.34. The van der Waals surface area contributed by atoms with Crippen LogP contribution in [0.25, 0.3) is 0 Å². The summed E-state index contributed by atoms with van der Waals surface area (Å²) in [5.41, 5.74) is 1.09. The first kappa shape index (κ1) is 18.6. The molecule has 1 aliphatic rings. The minimum Gasteiger partial charge on any atom is -0.314 e. The lowest BCUT2D eigenvalue weighted by Crippen LogP contribution is -2.44. The molecule has 110 valence electrons. The van der Waals surface area contributed by atoms with Gasteiger partial charge in [0, 0.05) is 43.7 Å². The highest BCUT2D eigenvalue weighted by atomic mass is 35.5. The number of rotatable bonds is 4. The predicted molar refractivity (Wildman–Crippen MR) is 82.9 cm³/mol. The molecule has 0 unspecified atom stereocenters. The van der Waals surface area contributed by atoms with Gasteiger partial charge in [0.25, 0.3) is 0 Å². The van der Waals surface area contributed by atoms with Crippen molar-refractivity contribution in [3.63, 3.8) is 0 Å². The molecule has 0 spiro atoms. The van der Waals surface area contributed by atoms with Gasteiger partial charge in [0.2, 0.25) is 0 Å². The van der Waals surface area contributed by atoms with Gasteiger partial charge < -0.3 is 5.32 Å². The van der Waals surface area contributed by atoms with Crippen molar-refractivity contribution in [2.45, 2.75) is 19.4 Å². The topological polar surface area (TPSA) is 58.4 Å². The van der Waals surface area contributed by atoms with E-state index in [0.717, 1.165) is 38.2 Å². The second-order valence-electron chi connectivity index (χ2n) is 4.19. The van der Waals surface area contributed by atoms with Crippen LogP contribution in [0.4, 0.5) is 5.00 Å². The molecule has 0 amide bonds. The van der Waals surface area contributed by atoms with E-state index in [2.05, 4.69) is 17.1 Å². The first-order valence-electron chi connectivity index (χ1n) is 5.90. The number of thiophene rings is 1. The molecule has 1 saturated heterocycles. The summed E-state index contributed by atoms with van der Waals surface area (Å²) in [6.07, 6.45) is 0.994. The largest absolute Gasteiger partial charge is 0.324 e. The minimum absolute atomic E-state index is 0. The van der Waals surface area contributed by atoms with Crippen LogP contribution in [-0.4, -0.2) is 36.0 Å². The fourth-order valence-electron chi connectivity index (χ4n) is 2.31. The number of hydrogen-bond acceptors (Lipinski definition) is 5. The van der Waals surface area contributed by atoms with Crippen LogP contribution in [0.1, 0.15) is 24.9 Å². The predicted octanol–water partition coefficient (Wildman–Crippen LogP) is 2.86. The van der Waals surface area contributed by atoms with Crippen molar-refractivity contribution >= 4 is 41.2 Å². The molecule has 1 fully saturated rings. The highest BCUT2D eigenvalue weighted by Crippen LogP contribution is 2.31. The van der Waals surface area contributed by atoms with Crippen molar-refractivity contribution in [2.75, 3.05) is 26.2 Å². The molecule has 1 N–H and O–H groups in total. The van der Waals surface area contributed by atoms with Crippen LogP contribution in [-0.2, 0) is 0 Å². The van der Waals surface area contributed by atoms with E-state index in [1.165, 1.54) is 11.3 Å². The lowest BCUT2D eigenvalue weighted by molar-refractivity contribution is -0.380. The van der Waals surface area contributed by atoms with Gasteiger partial charge >= 0.3 is 5.00 Å². The number of halogens is 2. The molecule has 0 aliphatic carbocycles. The maximum Gasteiger partial charge on any atom is 0.324 e. The zero-order chi connectivity index (χ0) is 12.3. The van der Waals surface area contributed by atoms with Gasteiger partial charge in [0.15, 0.2) is 0 Å². The third kappa shape index (κ3) is 4.57. The summed E-state index contributed by atoms with van der Waals surface area (Å²) in [7, 11) is 0. The number of nitrogens with one attached hydrogen (secondary N) is 1. The standard InChI is InChI=1S/C11H17N3O2S.2ClH/c1-2-10(13-5-3-12-4-6-13)9-7-11(14(15)16)17-8-9;;/h7-8,10,12H,2-6H2,1H3;2*1H/t10-;;/m0../s1. The Hall–Kier alpha value is -0.400. The summed E-state index contributed by atoms with van der Waals surface area (Å²) < 4.78 is 0. The summed E-state index contributed by atoms with van der Waals surface area (Å²) in [6, 6.07) is 2.04. The van der Waals surface area contributed by atoms with Crippen LogP contribution in [0, 0.1) is 10.1 Å². The minimum atomic E-state index is -0.307. The van der Waals surface area contributed by atoms with E-state index in [1.54, 1.807) is 6.07 Å². The Morgan fingerprint density at radius 2 is 2.11 bits per heavy atom.